The van der Waals surface area contributed by atoms with Gasteiger partial charge in [-0.25, -0.2) is 0 Å². The van der Waals surface area contributed by atoms with Crippen LogP contribution in [0.3, 0.4) is 0 Å². The Kier molecular flexibility index (Phi) is 7.54. The van der Waals surface area contributed by atoms with Gasteiger partial charge in [-0.3, -0.25) is 9.59 Å². The number of amides is 2. The number of hydrogen-bond acceptors (Lipinski definition) is 3. The van der Waals surface area contributed by atoms with E-state index in [4.69, 9.17) is 0 Å². The summed E-state index contributed by atoms with van der Waals surface area (Å²) in [6.07, 6.45) is 3.20. The highest BCUT2D eigenvalue weighted by Crippen LogP contribution is 2.22. The van der Waals surface area contributed by atoms with Crippen LogP contribution in [0.1, 0.15) is 24.0 Å². The average molecular weight is 397 g/mol. The van der Waals surface area contributed by atoms with Gasteiger partial charge in [0.2, 0.25) is 11.8 Å². The van der Waals surface area contributed by atoms with Crippen LogP contribution in [0.5, 0.6) is 0 Å². The smallest absolute Gasteiger partial charge is 0.234 e. The first-order valence-electron chi connectivity index (χ1n) is 9.86. The molecule has 0 aliphatic carbocycles. The van der Waals surface area contributed by atoms with Crippen molar-refractivity contribution in [3.63, 3.8) is 0 Å². The zero-order valence-electron chi connectivity index (χ0n) is 16.4. The molecular formula is C23H28N2O2S. The van der Waals surface area contributed by atoms with Gasteiger partial charge in [-0.15, -0.1) is 11.8 Å². The van der Waals surface area contributed by atoms with Crippen molar-refractivity contribution < 1.29 is 9.59 Å². The highest BCUT2D eigenvalue weighted by atomic mass is 32.2. The van der Waals surface area contributed by atoms with E-state index in [-0.39, 0.29) is 11.8 Å². The molecule has 1 aliphatic heterocycles. The van der Waals surface area contributed by atoms with E-state index < -0.39 is 0 Å². The second kappa shape index (κ2) is 10.3. The van der Waals surface area contributed by atoms with Crippen molar-refractivity contribution in [1.82, 2.24) is 4.90 Å². The predicted molar refractivity (Wildman–Crippen MR) is 117 cm³/mol. The fourth-order valence-electron chi connectivity index (χ4n) is 3.49. The van der Waals surface area contributed by atoms with E-state index in [1.165, 1.54) is 17.3 Å². The topological polar surface area (TPSA) is 49.4 Å². The molecule has 3 rings (SSSR count). The number of anilines is 1. The predicted octanol–water partition coefficient (Wildman–Crippen LogP) is 4.15. The number of nitrogens with one attached hydrogen (secondary N) is 1. The van der Waals surface area contributed by atoms with Crippen molar-refractivity contribution >= 4 is 29.3 Å². The van der Waals surface area contributed by atoms with Crippen LogP contribution >= 0.6 is 11.8 Å². The van der Waals surface area contributed by atoms with Crippen molar-refractivity contribution in [2.45, 2.75) is 26.2 Å². The van der Waals surface area contributed by atoms with Gasteiger partial charge in [-0.05, 0) is 49.8 Å². The first-order chi connectivity index (χ1) is 13.6. The quantitative estimate of drug-likeness (QED) is 0.765. The Morgan fingerprint density at radius 1 is 1.00 bits per heavy atom. The maximum Gasteiger partial charge on any atom is 0.234 e. The normalized spacial score (nSPS) is 14.7. The number of carbonyl (C=O) groups excluding carboxylic acids is 2. The molecule has 4 nitrogen and oxygen atoms in total. The summed E-state index contributed by atoms with van der Waals surface area (Å²) in [5, 5.41) is 2.87. The average Bonchev–Trinajstić information content (AvgIpc) is 2.71. The first kappa shape index (κ1) is 20.5. The number of rotatable bonds is 7. The van der Waals surface area contributed by atoms with Crippen LogP contribution in [0.2, 0.25) is 0 Å². The summed E-state index contributed by atoms with van der Waals surface area (Å²) in [6, 6.07) is 18.3. The number of likely N-dealkylation sites (tertiary alicyclic amines) is 1. The van der Waals surface area contributed by atoms with Crippen LogP contribution in [-0.2, 0) is 16.0 Å². The molecule has 148 valence electrons. The van der Waals surface area contributed by atoms with E-state index in [2.05, 4.69) is 29.6 Å². The maximum absolute atomic E-state index is 12.4. The van der Waals surface area contributed by atoms with Crippen molar-refractivity contribution in [1.29, 1.82) is 0 Å². The van der Waals surface area contributed by atoms with Gasteiger partial charge in [0.15, 0.2) is 0 Å². The molecule has 1 fully saturated rings. The Morgan fingerprint density at radius 2 is 1.68 bits per heavy atom. The summed E-state index contributed by atoms with van der Waals surface area (Å²) in [5.41, 5.74) is 3.33. The van der Waals surface area contributed by atoms with E-state index in [0.717, 1.165) is 43.6 Å². The largest absolute Gasteiger partial charge is 0.342 e. The Balaban J connectivity index is 1.33. The molecule has 0 radical (unpaired) electrons. The number of aryl methyl sites for hydroxylation is 1. The number of thioether (sulfide) groups is 1. The van der Waals surface area contributed by atoms with Gasteiger partial charge >= 0.3 is 0 Å². The Hall–Kier alpha value is -2.27. The Labute approximate surface area is 171 Å². The molecule has 5 heteroatoms. The molecule has 2 aromatic carbocycles. The molecule has 2 aromatic rings. The van der Waals surface area contributed by atoms with Gasteiger partial charge < -0.3 is 10.2 Å². The van der Waals surface area contributed by atoms with Crippen molar-refractivity contribution in [2.24, 2.45) is 5.92 Å². The second-order valence-corrected chi connectivity index (χ2v) is 8.41. The van der Waals surface area contributed by atoms with Crippen molar-refractivity contribution in [2.75, 3.05) is 29.9 Å². The third kappa shape index (κ3) is 6.41. The second-order valence-electron chi connectivity index (χ2n) is 7.42. The van der Waals surface area contributed by atoms with E-state index >= 15 is 0 Å². The van der Waals surface area contributed by atoms with Crippen LogP contribution in [-0.4, -0.2) is 41.3 Å². The minimum Gasteiger partial charge on any atom is -0.342 e. The van der Waals surface area contributed by atoms with Crippen LogP contribution in [0.15, 0.2) is 54.6 Å². The number of piperidine rings is 1. The van der Waals surface area contributed by atoms with Crippen LogP contribution in [0.25, 0.3) is 0 Å². The summed E-state index contributed by atoms with van der Waals surface area (Å²) in [4.78, 5) is 26.4. The third-order valence-electron chi connectivity index (χ3n) is 5.13. The Morgan fingerprint density at radius 3 is 2.36 bits per heavy atom. The molecule has 0 bridgehead atoms. The van der Waals surface area contributed by atoms with E-state index in [1.807, 2.05) is 42.2 Å². The highest BCUT2D eigenvalue weighted by molar-refractivity contribution is 8.00. The lowest BCUT2D eigenvalue weighted by Gasteiger charge is -2.32. The molecule has 28 heavy (non-hydrogen) atoms. The summed E-state index contributed by atoms with van der Waals surface area (Å²) >= 11 is 1.39. The molecule has 0 atom stereocenters. The molecule has 1 N–H and O–H groups in total. The van der Waals surface area contributed by atoms with Crippen LogP contribution < -0.4 is 5.32 Å². The summed E-state index contributed by atoms with van der Waals surface area (Å²) in [5.74, 6) is 1.39. The van der Waals surface area contributed by atoms with Gasteiger partial charge in [0.05, 0.1) is 11.5 Å². The van der Waals surface area contributed by atoms with Crippen LogP contribution in [0, 0.1) is 12.8 Å². The zero-order valence-corrected chi connectivity index (χ0v) is 17.2. The molecule has 1 saturated heterocycles. The van der Waals surface area contributed by atoms with Crippen LogP contribution in [0.4, 0.5) is 5.69 Å². The molecule has 0 unspecified atom stereocenters. The summed E-state index contributed by atoms with van der Waals surface area (Å²) < 4.78 is 0. The van der Waals surface area contributed by atoms with E-state index in [0.29, 0.717) is 17.4 Å². The number of benzene rings is 2. The van der Waals surface area contributed by atoms with Gasteiger partial charge in [-0.2, -0.15) is 0 Å². The minimum absolute atomic E-state index is 0.0665. The molecule has 1 heterocycles. The Bertz CT molecular complexity index is 769. The third-order valence-corrected chi connectivity index (χ3v) is 6.05. The number of hydrogen-bond donors (Lipinski definition) is 1. The van der Waals surface area contributed by atoms with Crippen molar-refractivity contribution in [3.05, 3.63) is 65.7 Å². The molecule has 1 aliphatic rings. The summed E-state index contributed by atoms with van der Waals surface area (Å²) in [6.45, 7) is 3.66. The van der Waals surface area contributed by atoms with Gasteiger partial charge in [0.1, 0.15) is 0 Å². The lowest BCUT2D eigenvalue weighted by molar-refractivity contribution is -0.129. The lowest BCUT2D eigenvalue weighted by atomic mass is 9.90. The monoisotopic (exact) mass is 396 g/mol. The van der Waals surface area contributed by atoms with Crippen molar-refractivity contribution in [3.8, 4) is 0 Å². The number of carbonyl (C=O) groups is 2. The summed E-state index contributed by atoms with van der Waals surface area (Å²) in [7, 11) is 0. The fraction of sp³-hybridized carbons (Fsp3) is 0.391. The number of nitrogens with zero attached hydrogens (tertiary/aromatic N) is 1. The first-order valence-corrected chi connectivity index (χ1v) is 11.0. The highest BCUT2D eigenvalue weighted by Gasteiger charge is 2.22. The maximum atomic E-state index is 12.4. The molecule has 0 aromatic heterocycles. The van der Waals surface area contributed by atoms with E-state index in [9.17, 15) is 9.59 Å². The molecule has 0 spiro atoms. The fourth-order valence-corrected chi connectivity index (χ4v) is 4.21. The molecule has 0 saturated carbocycles. The van der Waals surface area contributed by atoms with Gasteiger partial charge in [0, 0.05) is 18.8 Å². The van der Waals surface area contributed by atoms with Gasteiger partial charge in [-0.1, -0.05) is 48.0 Å². The van der Waals surface area contributed by atoms with Gasteiger partial charge in [0.25, 0.3) is 0 Å². The van der Waals surface area contributed by atoms with E-state index in [1.54, 1.807) is 0 Å². The molecular weight excluding hydrogens is 368 g/mol. The zero-order chi connectivity index (χ0) is 19.8. The standard InChI is InChI=1S/C23H28N2O2S/c1-18-7-9-21(10-8-18)24-22(26)16-28-17-23(27)25-13-11-20(12-14-25)15-19-5-3-2-4-6-19/h2-10,20H,11-17H2,1H3,(H,24,26). The SMILES string of the molecule is Cc1ccc(NC(=O)CSCC(=O)N2CCC(Cc3ccccc3)CC2)cc1. The molecule has 2 amide bonds. The lowest BCUT2D eigenvalue weighted by Crippen LogP contribution is -2.40. The minimum atomic E-state index is -0.0665.